The average molecular weight is 456 g/mol. The second kappa shape index (κ2) is 9.66. The Bertz CT molecular complexity index is 1220. The second-order valence-electron chi connectivity index (χ2n) is 8.37. The fourth-order valence-electron chi connectivity index (χ4n) is 4.48. The average Bonchev–Trinajstić information content (AvgIpc) is 3.26. The van der Waals surface area contributed by atoms with Crippen molar-refractivity contribution in [1.29, 1.82) is 0 Å². The van der Waals surface area contributed by atoms with Gasteiger partial charge in [-0.25, -0.2) is 18.6 Å². The summed E-state index contributed by atoms with van der Waals surface area (Å²) >= 11 is 0. The van der Waals surface area contributed by atoms with Crippen LogP contribution in [-0.2, 0) is 6.42 Å². The number of aromatic nitrogens is 2. The van der Waals surface area contributed by atoms with Gasteiger partial charge in [-0.05, 0) is 76.0 Å². The lowest BCUT2D eigenvalue weighted by Gasteiger charge is -2.20. The van der Waals surface area contributed by atoms with Gasteiger partial charge >= 0.3 is 6.09 Å². The van der Waals surface area contributed by atoms with Gasteiger partial charge < -0.3 is 15.3 Å². The molecule has 1 aliphatic rings. The molecule has 1 saturated heterocycles. The van der Waals surface area contributed by atoms with Crippen LogP contribution in [0, 0.1) is 11.6 Å². The molecule has 1 unspecified atom stereocenters. The van der Waals surface area contributed by atoms with Crippen LogP contribution in [0.15, 0.2) is 41.2 Å². The monoisotopic (exact) mass is 456 g/mol. The molecule has 4 rings (SSSR count). The SMILES string of the molecule is CC(NC(=O)O)c1nc2cccc(CCCN3CCCC3)c2c(=O)n1-c1cc(F)cc(F)c1. The molecule has 1 aliphatic heterocycles. The summed E-state index contributed by atoms with van der Waals surface area (Å²) in [6.07, 6.45) is 2.64. The molecule has 1 aromatic heterocycles. The molecule has 0 aliphatic carbocycles. The van der Waals surface area contributed by atoms with Crippen LogP contribution in [0.4, 0.5) is 13.6 Å². The minimum atomic E-state index is -1.30. The molecule has 7 nitrogen and oxygen atoms in total. The summed E-state index contributed by atoms with van der Waals surface area (Å²) in [5, 5.41) is 11.8. The Morgan fingerprint density at radius 1 is 1.18 bits per heavy atom. The van der Waals surface area contributed by atoms with Gasteiger partial charge in [-0.1, -0.05) is 12.1 Å². The topological polar surface area (TPSA) is 87.5 Å². The van der Waals surface area contributed by atoms with Crippen LogP contribution in [0.25, 0.3) is 16.6 Å². The third-order valence-corrected chi connectivity index (χ3v) is 5.96. The largest absolute Gasteiger partial charge is 0.465 e. The fraction of sp³-hybridized carbons (Fsp3) is 0.375. The number of carboxylic acid groups (broad SMARTS) is 1. The summed E-state index contributed by atoms with van der Waals surface area (Å²) in [6.45, 7) is 4.64. The van der Waals surface area contributed by atoms with E-state index in [9.17, 15) is 18.4 Å². The van der Waals surface area contributed by atoms with E-state index >= 15 is 0 Å². The quantitative estimate of drug-likeness (QED) is 0.561. The van der Waals surface area contributed by atoms with E-state index in [2.05, 4.69) is 15.2 Å². The molecule has 0 bridgehead atoms. The highest BCUT2D eigenvalue weighted by Crippen LogP contribution is 2.22. The Hall–Kier alpha value is -3.33. The number of carbonyl (C=O) groups is 1. The Kier molecular flexibility index (Phi) is 6.69. The number of fused-ring (bicyclic) bond motifs is 1. The van der Waals surface area contributed by atoms with Crippen LogP contribution in [0.5, 0.6) is 0 Å². The van der Waals surface area contributed by atoms with Crippen molar-refractivity contribution in [1.82, 2.24) is 19.8 Å². The third kappa shape index (κ3) is 5.03. The number of benzene rings is 2. The molecule has 0 radical (unpaired) electrons. The Labute approximate surface area is 189 Å². The van der Waals surface area contributed by atoms with Gasteiger partial charge in [0, 0.05) is 6.07 Å². The van der Waals surface area contributed by atoms with Crippen molar-refractivity contribution in [3.05, 3.63) is 69.8 Å². The molecule has 33 heavy (non-hydrogen) atoms. The first-order valence-corrected chi connectivity index (χ1v) is 11.1. The van der Waals surface area contributed by atoms with E-state index < -0.39 is 29.3 Å². The van der Waals surface area contributed by atoms with Crippen molar-refractivity contribution in [2.45, 2.75) is 38.6 Å². The number of nitrogens with one attached hydrogen (secondary N) is 1. The van der Waals surface area contributed by atoms with Crippen molar-refractivity contribution in [3.63, 3.8) is 0 Å². The van der Waals surface area contributed by atoms with Gasteiger partial charge in [0.25, 0.3) is 5.56 Å². The molecule has 174 valence electrons. The maximum atomic E-state index is 14.0. The highest BCUT2D eigenvalue weighted by atomic mass is 19.1. The van der Waals surface area contributed by atoms with E-state index in [1.165, 1.54) is 19.8 Å². The van der Waals surface area contributed by atoms with E-state index in [1.54, 1.807) is 6.07 Å². The molecule has 1 atom stereocenters. The maximum absolute atomic E-state index is 14.0. The van der Waals surface area contributed by atoms with Crippen molar-refractivity contribution in [2.75, 3.05) is 19.6 Å². The van der Waals surface area contributed by atoms with Crippen molar-refractivity contribution >= 4 is 17.0 Å². The van der Waals surface area contributed by atoms with Crippen LogP contribution in [-0.4, -0.2) is 45.3 Å². The third-order valence-electron chi connectivity index (χ3n) is 5.96. The number of hydrogen-bond donors (Lipinski definition) is 2. The van der Waals surface area contributed by atoms with Gasteiger partial charge in [0.2, 0.25) is 0 Å². The standard InChI is InChI=1S/C24H26F2N4O3/c1-15(27-24(32)33)22-28-20-8-4-6-16(7-5-11-29-9-2-3-10-29)21(20)23(31)30(22)19-13-17(25)12-18(26)14-19/h4,6,8,12-15,27H,2-3,5,7,9-11H2,1H3,(H,32,33). The molecule has 2 heterocycles. The van der Waals surface area contributed by atoms with Crippen LogP contribution in [0.2, 0.25) is 0 Å². The van der Waals surface area contributed by atoms with Gasteiger partial charge in [-0.2, -0.15) is 0 Å². The Morgan fingerprint density at radius 3 is 2.55 bits per heavy atom. The van der Waals surface area contributed by atoms with E-state index in [1.807, 2.05) is 12.1 Å². The van der Waals surface area contributed by atoms with Crippen LogP contribution >= 0.6 is 0 Å². The summed E-state index contributed by atoms with van der Waals surface area (Å²) in [6, 6.07) is 7.25. The highest BCUT2D eigenvalue weighted by molar-refractivity contribution is 5.82. The van der Waals surface area contributed by atoms with E-state index in [0.717, 1.165) is 48.3 Å². The number of nitrogens with zero attached hydrogens (tertiary/aromatic N) is 3. The summed E-state index contributed by atoms with van der Waals surface area (Å²) in [5.74, 6) is -1.64. The Balaban J connectivity index is 1.83. The number of rotatable bonds is 7. The summed E-state index contributed by atoms with van der Waals surface area (Å²) in [4.78, 5) is 31.9. The first kappa shape index (κ1) is 22.8. The smallest absolute Gasteiger partial charge is 0.405 e. The zero-order valence-corrected chi connectivity index (χ0v) is 18.4. The number of likely N-dealkylation sites (tertiary alicyclic amines) is 1. The van der Waals surface area contributed by atoms with E-state index in [-0.39, 0.29) is 11.5 Å². The van der Waals surface area contributed by atoms with Gasteiger partial charge in [0.15, 0.2) is 0 Å². The normalized spacial score (nSPS) is 15.1. The molecular weight excluding hydrogens is 430 g/mol. The number of hydrogen-bond acceptors (Lipinski definition) is 4. The first-order valence-electron chi connectivity index (χ1n) is 11.1. The van der Waals surface area contributed by atoms with Crippen LogP contribution in [0.1, 0.15) is 43.6 Å². The molecule has 3 aromatic rings. The van der Waals surface area contributed by atoms with Gasteiger partial charge in [-0.15, -0.1) is 0 Å². The number of amides is 1. The fourth-order valence-corrected chi connectivity index (χ4v) is 4.48. The molecule has 2 N–H and O–H groups in total. The van der Waals surface area contributed by atoms with E-state index in [0.29, 0.717) is 23.4 Å². The molecule has 0 saturated carbocycles. The summed E-state index contributed by atoms with van der Waals surface area (Å²) in [7, 11) is 0. The van der Waals surface area contributed by atoms with E-state index in [4.69, 9.17) is 5.11 Å². The summed E-state index contributed by atoms with van der Waals surface area (Å²) < 4.78 is 29.1. The van der Waals surface area contributed by atoms with Gasteiger partial charge in [0.1, 0.15) is 17.5 Å². The maximum Gasteiger partial charge on any atom is 0.405 e. The zero-order chi connectivity index (χ0) is 23.5. The minimum Gasteiger partial charge on any atom is -0.465 e. The number of aryl methyl sites for hydroxylation is 1. The van der Waals surface area contributed by atoms with Crippen molar-refractivity contribution in [2.24, 2.45) is 0 Å². The zero-order valence-electron chi connectivity index (χ0n) is 18.4. The van der Waals surface area contributed by atoms with Crippen LogP contribution in [0.3, 0.4) is 0 Å². The molecule has 1 fully saturated rings. The van der Waals surface area contributed by atoms with Crippen molar-refractivity contribution < 1.29 is 18.7 Å². The minimum absolute atomic E-state index is 0.0483. The van der Waals surface area contributed by atoms with Crippen molar-refractivity contribution in [3.8, 4) is 5.69 Å². The van der Waals surface area contributed by atoms with Gasteiger partial charge in [-0.3, -0.25) is 9.36 Å². The first-order chi connectivity index (χ1) is 15.8. The van der Waals surface area contributed by atoms with Gasteiger partial charge in [0.05, 0.1) is 22.6 Å². The molecule has 1 amide bonds. The Morgan fingerprint density at radius 2 is 1.88 bits per heavy atom. The predicted octanol–water partition coefficient (Wildman–Crippen LogP) is 4.02. The highest BCUT2D eigenvalue weighted by Gasteiger charge is 2.21. The summed E-state index contributed by atoms with van der Waals surface area (Å²) in [5.41, 5.74) is 0.685. The number of halogens is 2. The lowest BCUT2D eigenvalue weighted by molar-refractivity contribution is 0.190. The molecule has 2 aromatic carbocycles. The molecule has 0 spiro atoms. The lowest BCUT2D eigenvalue weighted by atomic mass is 10.0. The molecule has 9 heteroatoms. The predicted molar refractivity (Wildman–Crippen MR) is 121 cm³/mol. The lowest BCUT2D eigenvalue weighted by Crippen LogP contribution is -2.33. The van der Waals surface area contributed by atoms with Crippen LogP contribution < -0.4 is 10.9 Å². The second-order valence-corrected chi connectivity index (χ2v) is 8.37. The molecular formula is C24H26F2N4O3.